The maximum atomic E-state index is 12.8. The lowest BCUT2D eigenvalue weighted by atomic mass is 10.0. The molecule has 0 aliphatic carbocycles. The number of nitrogens with one attached hydrogen (secondary N) is 1. The van der Waals surface area contributed by atoms with Crippen LogP contribution in [-0.2, 0) is 42.2 Å². The number of phosphoric ester groups is 1. The molecule has 0 aromatic heterocycles. The van der Waals surface area contributed by atoms with Crippen LogP contribution in [0.2, 0.25) is 0 Å². The predicted molar refractivity (Wildman–Crippen MR) is 244 cm³/mol. The van der Waals surface area contributed by atoms with Crippen molar-refractivity contribution in [3.8, 4) is 0 Å². The van der Waals surface area contributed by atoms with E-state index in [2.05, 4.69) is 29.2 Å². The van der Waals surface area contributed by atoms with Crippen LogP contribution in [-0.4, -0.2) is 75.0 Å². The van der Waals surface area contributed by atoms with Gasteiger partial charge in [-0.1, -0.05) is 199 Å². The SMILES string of the molecule is CCCCCCCCCCCCCCCCCC(=O)OC[C@H](COP(=O)(O)OCCNC(=O)CCOCCN=[N+]=[N-])OC(=O)CCCCCCCCCCCCCCCCC. The fourth-order valence-electron chi connectivity index (χ4n) is 6.97. The molecule has 14 nitrogen and oxygen atoms in total. The Kier molecular flexibility index (Phi) is 44.1. The van der Waals surface area contributed by atoms with E-state index in [-0.39, 0.29) is 64.7 Å². The summed E-state index contributed by atoms with van der Waals surface area (Å²) < 4.78 is 38.8. The summed E-state index contributed by atoms with van der Waals surface area (Å²) in [5.74, 6) is -1.26. The number of ether oxygens (including phenoxy) is 3. The van der Waals surface area contributed by atoms with E-state index in [4.69, 9.17) is 28.8 Å². The molecule has 0 aliphatic rings. The minimum Gasteiger partial charge on any atom is -0.462 e. The second kappa shape index (κ2) is 45.8. The van der Waals surface area contributed by atoms with Gasteiger partial charge in [0.2, 0.25) is 5.91 Å². The van der Waals surface area contributed by atoms with Gasteiger partial charge in [-0.3, -0.25) is 23.4 Å². The highest BCUT2D eigenvalue weighted by atomic mass is 31.2. The fourth-order valence-corrected chi connectivity index (χ4v) is 7.72. The zero-order valence-corrected chi connectivity index (χ0v) is 39.7. The van der Waals surface area contributed by atoms with Crippen LogP contribution in [0, 0.1) is 0 Å². The standard InChI is InChI=1S/C46H89N4O10P/c1-3-5-7-9-11-13-15-17-19-21-23-25-27-29-31-33-45(52)57-41-43(42-59-61(54,55)58-40-36-48-44(51)35-38-56-39-37-49-50-47)60-46(53)34-32-30-28-26-24-22-20-18-16-14-12-10-8-6-4-2/h43H,3-42H2,1-2H3,(H,48,51)(H,54,55)/t43-/m1/s1. The maximum absolute atomic E-state index is 12.8. The van der Waals surface area contributed by atoms with Crippen LogP contribution in [0.15, 0.2) is 5.11 Å². The molecule has 0 saturated heterocycles. The first kappa shape index (κ1) is 58.8. The van der Waals surface area contributed by atoms with Crippen molar-refractivity contribution in [1.82, 2.24) is 5.32 Å². The zero-order valence-electron chi connectivity index (χ0n) is 38.8. The van der Waals surface area contributed by atoms with Crippen LogP contribution in [0.3, 0.4) is 0 Å². The summed E-state index contributed by atoms with van der Waals surface area (Å²) in [6, 6.07) is 0. The number of nitrogens with zero attached hydrogens (tertiary/aromatic N) is 3. The Bertz CT molecular complexity index is 1130. The van der Waals surface area contributed by atoms with Crippen LogP contribution in [0.1, 0.15) is 226 Å². The van der Waals surface area contributed by atoms with Gasteiger partial charge in [-0.2, -0.15) is 0 Å². The van der Waals surface area contributed by atoms with Gasteiger partial charge in [0.25, 0.3) is 0 Å². The van der Waals surface area contributed by atoms with Gasteiger partial charge >= 0.3 is 19.8 Å². The van der Waals surface area contributed by atoms with Crippen molar-refractivity contribution in [2.45, 2.75) is 232 Å². The first-order valence-corrected chi connectivity index (χ1v) is 26.1. The Morgan fingerprint density at radius 1 is 0.574 bits per heavy atom. The molecule has 2 N–H and O–H groups in total. The van der Waals surface area contributed by atoms with Crippen molar-refractivity contribution < 1.29 is 47.1 Å². The van der Waals surface area contributed by atoms with E-state index < -0.39 is 32.5 Å². The Morgan fingerprint density at radius 3 is 1.44 bits per heavy atom. The summed E-state index contributed by atoms with van der Waals surface area (Å²) >= 11 is 0. The van der Waals surface area contributed by atoms with Gasteiger partial charge in [0.05, 0.1) is 26.4 Å². The van der Waals surface area contributed by atoms with Crippen LogP contribution >= 0.6 is 7.82 Å². The third kappa shape index (κ3) is 45.6. The highest BCUT2D eigenvalue weighted by Gasteiger charge is 2.26. The number of rotatable bonds is 48. The van der Waals surface area contributed by atoms with E-state index in [0.29, 0.717) is 12.8 Å². The van der Waals surface area contributed by atoms with Gasteiger partial charge < -0.3 is 24.4 Å². The number of esters is 2. The minimum atomic E-state index is -4.58. The monoisotopic (exact) mass is 889 g/mol. The second-order valence-electron chi connectivity index (χ2n) is 16.5. The second-order valence-corrected chi connectivity index (χ2v) is 17.9. The first-order chi connectivity index (χ1) is 29.7. The molecule has 2 atom stereocenters. The van der Waals surface area contributed by atoms with Crippen LogP contribution in [0.5, 0.6) is 0 Å². The summed E-state index contributed by atoms with van der Waals surface area (Å²) in [6.45, 7) is 3.81. The molecule has 1 amide bonds. The largest absolute Gasteiger partial charge is 0.472 e. The lowest BCUT2D eigenvalue weighted by Crippen LogP contribution is -2.30. The highest BCUT2D eigenvalue weighted by molar-refractivity contribution is 7.47. The number of unbranched alkanes of at least 4 members (excludes halogenated alkanes) is 28. The van der Waals surface area contributed by atoms with E-state index in [1.165, 1.54) is 141 Å². The topological polar surface area (TPSA) is 195 Å². The third-order valence-corrected chi connectivity index (χ3v) is 11.7. The normalized spacial score (nSPS) is 12.7. The number of amides is 1. The third-order valence-electron chi connectivity index (χ3n) is 10.7. The van der Waals surface area contributed by atoms with Crippen molar-refractivity contribution in [1.29, 1.82) is 0 Å². The van der Waals surface area contributed by atoms with Crippen LogP contribution < -0.4 is 5.32 Å². The van der Waals surface area contributed by atoms with Crippen LogP contribution in [0.25, 0.3) is 10.4 Å². The summed E-state index contributed by atoms with van der Waals surface area (Å²) in [6.07, 6.45) is 36.1. The Labute approximate surface area is 370 Å². The van der Waals surface area contributed by atoms with Crippen LogP contribution in [0.4, 0.5) is 0 Å². The van der Waals surface area contributed by atoms with Crippen molar-refractivity contribution in [3.05, 3.63) is 10.4 Å². The Balaban J connectivity index is 4.49. The molecule has 0 heterocycles. The van der Waals surface area contributed by atoms with Crippen molar-refractivity contribution in [3.63, 3.8) is 0 Å². The van der Waals surface area contributed by atoms with Gasteiger partial charge in [0, 0.05) is 37.3 Å². The number of phosphoric acid groups is 1. The fraction of sp³-hybridized carbons (Fsp3) is 0.935. The van der Waals surface area contributed by atoms with E-state index >= 15 is 0 Å². The number of azide groups is 1. The molecular formula is C46H89N4O10P. The first-order valence-electron chi connectivity index (χ1n) is 24.6. The minimum absolute atomic E-state index is 0.0498. The number of carbonyl (C=O) groups is 3. The molecule has 0 aliphatic heterocycles. The average Bonchev–Trinajstić information content (AvgIpc) is 3.24. The number of hydrogen-bond donors (Lipinski definition) is 2. The lowest BCUT2D eigenvalue weighted by molar-refractivity contribution is -0.161. The van der Waals surface area contributed by atoms with Gasteiger partial charge in [-0.15, -0.1) is 0 Å². The van der Waals surface area contributed by atoms with Gasteiger partial charge in [-0.05, 0) is 18.4 Å². The zero-order chi connectivity index (χ0) is 44.8. The van der Waals surface area contributed by atoms with E-state index in [1.54, 1.807) is 0 Å². The molecule has 0 bridgehead atoms. The highest BCUT2D eigenvalue weighted by Crippen LogP contribution is 2.43. The predicted octanol–water partition coefficient (Wildman–Crippen LogP) is 12.9. The smallest absolute Gasteiger partial charge is 0.462 e. The maximum Gasteiger partial charge on any atom is 0.472 e. The number of carbonyl (C=O) groups excluding carboxylic acids is 3. The molecule has 61 heavy (non-hydrogen) atoms. The molecule has 0 rings (SSSR count). The van der Waals surface area contributed by atoms with E-state index in [1.807, 2.05) is 0 Å². The molecule has 15 heteroatoms. The van der Waals surface area contributed by atoms with Crippen molar-refractivity contribution in [2.24, 2.45) is 5.11 Å². The number of hydrogen-bond acceptors (Lipinski definition) is 10. The van der Waals surface area contributed by atoms with E-state index in [0.717, 1.165) is 38.5 Å². The molecular weight excluding hydrogens is 799 g/mol. The molecule has 0 fully saturated rings. The van der Waals surface area contributed by atoms with Gasteiger partial charge in [0.15, 0.2) is 6.10 Å². The molecule has 0 aromatic carbocycles. The molecule has 0 spiro atoms. The molecule has 0 radical (unpaired) electrons. The van der Waals surface area contributed by atoms with Gasteiger partial charge in [0.1, 0.15) is 6.61 Å². The van der Waals surface area contributed by atoms with Gasteiger partial charge in [-0.25, -0.2) is 4.57 Å². The Morgan fingerprint density at radius 2 is 1.00 bits per heavy atom. The van der Waals surface area contributed by atoms with Crippen molar-refractivity contribution >= 4 is 25.7 Å². The molecule has 358 valence electrons. The average molecular weight is 889 g/mol. The van der Waals surface area contributed by atoms with E-state index in [9.17, 15) is 23.8 Å². The summed E-state index contributed by atoms with van der Waals surface area (Å²) in [5.41, 5.74) is 8.26. The molecule has 1 unspecified atom stereocenters. The summed E-state index contributed by atoms with van der Waals surface area (Å²) in [5, 5.41) is 5.88. The summed E-state index contributed by atoms with van der Waals surface area (Å²) in [7, 11) is -4.58. The van der Waals surface area contributed by atoms with Crippen molar-refractivity contribution in [2.75, 3.05) is 46.1 Å². The Hall–Kier alpha value is -2.21. The molecule has 0 saturated carbocycles. The quantitative estimate of drug-likeness (QED) is 0.0148. The summed E-state index contributed by atoms with van der Waals surface area (Å²) in [4.78, 5) is 50.1. The lowest BCUT2D eigenvalue weighted by Gasteiger charge is -2.20. The molecule has 0 aromatic rings.